The van der Waals surface area contributed by atoms with Crippen molar-refractivity contribution in [1.82, 2.24) is 5.32 Å². The van der Waals surface area contributed by atoms with Crippen molar-refractivity contribution in [3.05, 3.63) is 83.9 Å². The van der Waals surface area contributed by atoms with Crippen LogP contribution >= 0.6 is 0 Å². The molecule has 0 unspecified atom stereocenters. The Labute approximate surface area is 146 Å². The molecule has 0 spiro atoms. The number of benzene rings is 2. The van der Waals surface area contributed by atoms with E-state index in [0.29, 0.717) is 5.56 Å². The maximum atomic E-state index is 12.8. The summed E-state index contributed by atoms with van der Waals surface area (Å²) in [4.78, 5) is 25.2. The van der Waals surface area contributed by atoms with E-state index in [4.69, 9.17) is 0 Å². The number of nitrogens with one attached hydrogen (secondary N) is 1. The van der Waals surface area contributed by atoms with Gasteiger partial charge in [0.1, 0.15) is 0 Å². The largest absolute Gasteiger partial charge is 0.479 e. The Bertz CT molecular complexity index is 831. The van der Waals surface area contributed by atoms with Crippen molar-refractivity contribution >= 4 is 11.9 Å². The van der Waals surface area contributed by atoms with Gasteiger partial charge in [0.2, 0.25) is 0 Å². The van der Waals surface area contributed by atoms with Crippen LogP contribution in [0.1, 0.15) is 28.3 Å². The molecule has 4 rings (SSSR count). The average Bonchev–Trinajstić information content (AvgIpc) is 3.23. The minimum Gasteiger partial charge on any atom is -0.479 e. The zero-order valence-electron chi connectivity index (χ0n) is 13.6. The average molecular weight is 333 g/mol. The van der Waals surface area contributed by atoms with Gasteiger partial charge in [-0.1, -0.05) is 60.7 Å². The summed E-state index contributed by atoms with van der Waals surface area (Å²) in [5, 5.41) is 13.1. The summed E-state index contributed by atoms with van der Waals surface area (Å²) in [5.41, 5.74) is 0.116. The predicted octanol–water partition coefficient (Wildman–Crippen LogP) is 3.23. The number of carbonyl (C=O) groups is 2. The lowest BCUT2D eigenvalue weighted by Crippen LogP contribution is -2.60. The number of hydrogen-bond acceptors (Lipinski definition) is 2. The molecule has 4 heteroatoms. The normalized spacial score (nSPS) is 29.5. The first-order chi connectivity index (χ1) is 12.1. The zero-order chi connectivity index (χ0) is 17.4. The van der Waals surface area contributed by atoms with Crippen molar-refractivity contribution < 1.29 is 14.7 Å². The second-order valence-corrected chi connectivity index (χ2v) is 6.77. The second kappa shape index (κ2) is 5.88. The number of amides is 1. The SMILES string of the molecule is O=C(N[C@@]1(C(=O)O)[C@@H]2C=C[C@@H](C2)[C@H]1c1ccccc1)c1ccccc1. The van der Waals surface area contributed by atoms with Gasteiger partial charge in [0.25, 0.3) is 5.91 Å². The molecular formula is C21H19NO3. The summed E-state index contributed by atoms with van der Waals surface area (Å²) in [6.45, 7) is 0. The summed E-state index contributed by atoms with van der Waals surface area (Å²) in [5.74, 6) is -1.66. The van der Waals surface area contributed by atoms with Crippen molar-refractivity contribution in [2.24, 2.45) is 11.8 Å². The predicted molar refractivity (Wildman–Crippen MR) is 94.2 cm³/mol. The molecule has 0 aromatic heterocycles. The van der Waals surface area contributed by atoms with Crippen LogP contribution < -0.4 is 5.32 Å². The van der Waals surface area contributed by atoms with Gasteiger partial charge in [-0.3, -0.25) is 4.79 Å². The van der Waals surface area contributed by atoms with E-state index in [1.165, 1.54) is 0 Å². The van der Waals surface area contributed by atoms with Crippen LogP contribution in [-0.4, -0.2) is 22.5 Å². The molecule has 2 aromatic rings. The van der Waals surface area contributed by atoms with Crippen LogP contribution in [0.4, 0.5) is 0 Å². The first-order valence-corrected chi connectivity index (χ1v) is 8.47. The first kappa shape index (κ1) is 15.6. The lowest BCUT2D eigenvalue weighted by atomic mass is 9.72. The molecule has 2 aliphatic carbocycles. The molecule has 126 valence electrons. The van der Waals surface area contributed by atoms with Gasteiger partial charge in [0.15, 0.2) is 5.54 Å². The summed E-state index contributed by atoms with van der Waals surface area (Å²) in [6.07, 6.45) is 4.79. The maximum absolute atomic E-state index is 12.8. The molecule has 0 saturated heterocycles. The van der Waals surface area contributed by atoms with E-state index in [1.54, 1.807) is 24.3 Å². The number of carbonyl (C=O) groups excluding carboxylic acids is 1. The monoisotopic (exact) mass is 333 g/mol. The van der Waals surface area contributed by atoms with E-state index in [-0.39, 0.29) is 23.7 Å². The quantitative estimate of drug-likeness (QED) is 0.844. The van der Waals surface area contributed by atoms with E-state index in [2.05, 4.69) is 11.4 Å². The van der Waals surface area contributed by atoms with Gasteiger partial charge >= 0.3 is 5.97 Å². The fraction of sp³-hybridized carbons (Fsp3) is 0.238. The highest BCUT2D eigenvalue weighted by molar-refractivity contribution is 5.99. The smallest absolute Gasteiger partial charge is 0.330 e. The standard InChI is InChI=1S/C21H19NO3/c23-19(15-9-5-2-6-10-15)22-21(20(24)25)17-12-11-16(13-17)18(21)14-7-3-1-4-8-14/h1-12,16-18H,13H2,(H,22,23)(H,24,25)/t16-,17+,18+,21-/m0/s1. The maximum Gasteiger partial charge on any atom is 0.330 e. The number of aliphatic carboxylic acids is 1. The van der Waals surface area contributed by atoms with Crippen LogP contribution in [-0.2, 0) is 4.79 Å². The summed E-state index contributed by atoms with van der Waals surface area (Å²) in [6, 6.07) is 18.4. The van der Waals surface area contributed by atoms with Gasteiger partial charge in [0, 0.05) is 17.4 Å². The molecule has 2 bridgehead atoms. The van der Waals surface area contributed by atoms with Gasteiger partial charge in [-0.2, -0.15) is 0 Å². The topological polar surface area (TPSA) is 66.4 Å². The van der Waals surface area contributed by atoms with Gasteiger partial charge < -0.3 is 10.4 Å². The molecule has 2 N–H and O–H groups in total. The summed E-state index contributed by atoms with van der Waals surface area (Å²) >= 11 is 0. The van der Waals surface area contributed by atoms with Gasteiger partial charge in [-0.15, -0.1) is 0 Å². The first-order valence-electron chi connectivity index (χ1n) is 8.47. The lowest BCUT2D eigenvalue weighted by Gasteiger charge is -2.39. The van der Waals surface area contributed by atoms with Gasteiger partial charge in [-0.05, 0) is 30.0 Å². The molecule has 1 saturated carbocycles. The van der Waals surface area contributed by atoms with Crippen molar-refractivity contribution in [2.45, 2.75) is 17.9 Å². The highest BCUT2D eigenvalue weighted by atomic mass is 16.4. The van der Waals surface area contributed by atoms with Crippen LogP contribution in [0.3, 0.4) is 0 Å². The van der Waals surface area contributed by atoms with Crippen molar-refractivity contribution in [3.8, 4) is 0 Å². The minimum atomic E-state index is -1.31. The Morgan fingerprint density at radius 3 is 2.24 bits per heavy atom. The number of carboxylic acid groups (broad SMARTS) is 1. The molecule has 25 heavy (non-hydrogen) atoms. The fourth-order valence-corrected chi connectivity index (χ4v) is 4.42. The van der Waals surface area contributed by atoms with E-state index in [9.17, 15) is 14.7 Å². The molecule has 4 atom stereocenters. The zero-order valence-corrected chi connectivity index (χ0v) is 13.6. The van der Waals surface area contributed by atoms with Crippen LogP contribution in [0.2, 0.25) is 0 Å². The van der Waals surface area contributed by atoms with E-state index < -0.39 is 11.5 Å². The summed E-state index contributed by atoms with van der Waals surface area (Å²) < 4.78 is 0. The third-order valence-corrected chi connectivity index (χ3v) is 5.49. The van der Waals surface area contributed by atoms with Crippen molar-refractivity contribution in [2.75, 3.05) is 0 Å². The highest BCUT2D eigenvalue weighted by Gasteiger charge is 2.62. The molecular weight excluding hydrogens is 314 g/mol. The third-order valence-electron chi connectivity index (χ3n) is 5.49. The van der Waals surface area contributed by atoms with Crippen LogP contribution in [0.25, 0.3) is 0 Å². The van der Waals surface area contributed by atoms with Gasteiger partial charge in [0.05, 0.1) is 0 Å². The highest BCUT2D eigenvalue weighted by Crippen LogP contribution is 2.55. The van der Waals surface area contributed by atoms with Crippen LogP contribution in [0, 0.1) is 11.8 Å². The van der Waals surface area contributed by atoms with Crippen LogP contribution in [0.15, 0.2) is 72.8 Å². The third kappa shape index (κ3) is 2.37. The number of rotatable bonds is 4. The molecule has 1 amide bonds. The summed E-state index contributed by atoms with van der Waals surface area (Å²) in [7, 11) is 0. The number of carboxylic acids is 1. The number of fused-ring (bicyclic) bond motifs is 2. The molecule has 2 aliphatic rings. The van der Waals surface area contributed by atoms with Gasteiger partial charge in [-0.25, -0.2) is 4.79 Å². The number of allylic oxidation sites excluding steroid dienone is 1. The van der Waals surface area contributed by atoms with Crippen LogP contribution in [0.5, 0.6) is 0 Å². The van der Waals surface area contributed by atoms with Crippen molar-refractivity contribution in [1.29, 1.82) is 0 Å². The Morgan fingerprint density at radius 2 is 1.60 bits per heavy atom. The fourth-order valence-electron chi connectivity index (χ4n) is 4.42. The lowest BCUT2D eigenvalue weighted by molar-refractivity contribution is -0.146. The molecule has 0 radical (unpaired) electrons. The minimum absolute atomic E-state index is 0.125. The Morgan fingerprint density at radius 1 is 0.960 bits per heavy atom. The number of hydrogen-bond donors (Lipinski definition) is 2. The molecule has 2 aromatic carbocycles. The molecule has 4 nitrogen and oxygen atoms in total. The Balaban J connectivity index is 1.77. The van der Waals surface area contributed by atoms with E-state index in [1.807, 2.05) is 42.5 Å². The van der Waals surface area contributed by atoms with E-state index in [0.717, 1.165) is 12.0 Å². The Kier molecular flexibility index (Phi) is 3.68. The molecule has 1 fully saturated rings. The molecule has 0 aliphatic heterocycles. The van der Waals surface area contributed by atoms with Crippen molar-refractivity contribution in [3.63, 3.8) is 0 Å². The van der Waals surface area contributed by atoms with E-state index >= 15 is 0 Å². The Hall–Kier alpha value is -2.88. The molecule has 0 heterocycles. The second-order valence-electron chi connectivity index (χ2n) is 6.77.